The first kappa shape index (κ1) is 16.7. The molecule has 0 saturated carbocycles. The Bertz CT molecular complexity index is 568. The fraction of sp³-hybridized carbons (Fsp3) is 0.533. The lowest BCUT2D eigenvalue weighted by Crippen LogP contribution is -2.29. The maximum atomic E-state index is 11.9. The van der Waals surface area contributed by atoms with E-state index in [0.717, 1.165) is 5.56 Å². The number of hydrogen-bond acceptors (Lipinski definition) is 3. The van der Waals surface area contributed by atoms with Crippen molar-refractivity contribution < 1.29 is 13.2 Å². The fourth-order valence-electron chi connectivity index (χ4n) is 1.86. The van der Waals surface area contributed by atoms with E-state index >= 15 is 0 Å². The highest BCUT2D eigenvalue weighted by Gasteiger charge is 2.18. The van der Waals surface area contributed by atoms with Crippen LogP contribution in [0.2, 0.25) is 0 Å². The van der Waals surface area contributed by atoms with Crippen molar-refractivity contribution in [2.45, 2.75) is 45.1 Å². The molecule has 0 bridgehead atoms. The average Bonchev–Trinajstić information content (AvgIpc) is 2.25. The third kappa shape index (κ3) is 5.33. The molecule has 20 heavy (non-hydrogen) atoms. The summed E-state index contributed by atoms with van der Waals surface area (Å²) in [7, 11) is -3.18. The van der Waals surface area contributed by atoms with E-state index in [-0.39, 0.29) is 22.3 Å². The molecule has 1 rings (SSSR count). The molecule has 0 aliphatic heterocycles. The van der Waals surface area contributed by atoms with Crippen LogP contribution in [0.5, 0.6) is 0 Å². The molecule has 0 aromatic heterocycles. The summed E-state index contributed by atoms with van der Waals surface area (Å²) < 4.78 is 22.8. The van der Waals surface area contributed by atoms with E-state index in [1.165, 1.54) is 6.26 Å². The van der Waals surface area contributed by atoms with E-state index < -0.39 is 9.84 Å². The van der Waals surface area contributed by atoms with Crippen LogP contribution in [0.15, 0.2) is 29.2 Å². The zero-order valence-corrected chi connectivity index (χ0v) is 13.5. The Labute approximate surface area is 121 Å². The summed E-state index contributed by atoms with van der Waals surface area (Å²) in [5, 5.41) is 2.92. The van der Waals surface area contributed by atoms with Gasteiger partial charge in [0.15, 0.2) is 9.84 Å². The van der Waals surface area contributed by atoms with Crippen LogP contribution >= 0.6 is 0 Å². The van der Waals surface area contributed by atoms with Crippen molar-refractivity contribution in [2.24, 2.45) is 5.41 Å². The maximum absolute atomic E-state index is 11.9. The normalized spacial score (nSPS) is 13.8. The van der Waals surface area contributed by atoms with E-state index in [4.69, 9.17) is 0 Å². The van der Waals surface area contributed by atoms with Crippen LogP contribution in [-0.2, 0) is 14.6 Å². The van der Waals surface area contributed by atoms with Gasteiger partial charge in [0, 0.05) is 12.7 Å². The molecule has 112 valence electrons. The van der Waals surface area contributed by atoms with Crippen molar-refractivity contribution in [1.82, 2.24) is 5.32 Å². The van der Waals surface area contributed by atoms with Gasteiger partial charge in [0.05, 0.1) is 10.9 Å². The van der Waals surface area contributed by atoms with Crippen LogP contribution in [0.3, 0.4) is 0 Å². The Hall–Kier alpha value is -1.36. The monoisotopic (exact) mass is 297 g/mol. The molecular formula is C15H23NO3S. The lowest BCUT2D eigenvalue weighted by Gasteiger charge is -2.20. The molecule has 5 heteroatoms. The lowest BCUT2D eigenvalue weighted by molar-refractivity contribution is -0.123. The number of hydrogen-bond donors (Lipinski definition) is 1. The van der Waals surface area contributed by atoms with Crippen LogP contribution < -0.4 is 5.32 Å². The summed E-state index contributed by atoms with van der Waals surface area (Å²) in [6, 6.07) is 6.46. The predicted octanol–water partition coefficient (Wildman–Crippen LogP) is 2.70. The third-order valence-electron chi connectivity index (χ3n) is 2.88. The quantitative estimate of drug-likeness (QED) is 0.929. The molecule has 0 heterocycles. The Balaban J connectivity index is 2.74. The van der Waals surface area contributed by atoms with Gasteiger partial charge in [0.2, 0.25) is 5.91 Å². The molecule has 1 aromatic carbocycles. The number of sulfone groups is 1. The largest absolute Gasteiger partial charge is 0.350 e. The van der Waals surface area contributed by atoms with E-state index in [1.54, 1.807) is 24.3 Å². The first-order chi connectivity index (χ1) is 8.99. The highest BCUT2D eigenvalue weighted by atomic mass is 32.2. The van der Waals surface area contributed by atoms with Gasteiger partial charge in [-0.15, -0.1) is 0 Å². The Morgan fingerprint density at radius 3 is 2.10 bits per heavy atom. The highest BCUT2D eigenvalue weighted by Crippen LogP contribution is 2.20. The molecular weight excluding hydrogens is 274 g/mol. The second-order valence-corrected chi connectivity index (χ2v) is 8.38. The zero-order chi connectivity index (χ0) is 15.6. The minimum Gasteiger partial charge on any atom is -0.350 e. The zero-order valence-electron chi connectivity index (χ0n) is 12.7. The van der Waals surface area contributed by atoms with Gasteiger partial charge in [-0.3, -0.25) is 4.79 Å². The van der Waals surface area contributed by atoms with Crippen LogP contribution in [0.25, 0.3) is 0 Å². The summed E-state index contributed by atoms with van der Waals surface area (Å²) in [6.07, 6.45) is 1.63. The Kier molecular flexibility index (Phi) is 4.97. The van der Waals surface area contributed by atoms with Gasteiger partial charge in [0.25, 0.3) is 0 Å². The maximum Gasteiger partial charge on any atom is 0.220 e. The molecule has 4 nitrogen and oxygen atoms in total. The molecule has 1 amide bonds. The summed E-state index contributed by atoms with van der Waals surface area (Å²) in [6.45, 7) is 7.92. The van der Waals surface area contributed by atoms with Crippen molar-refractivity contribution in [1.29, 1.82) is 0 Å². The number of amides is 1. The van der Waals surface area contributed by atoms with Gasteiger partial charge in [0.1, 0.15) is 0 Å². The predicted molar refractivity (Wildman–Crippen MR) is 80.2 cm³/mol. The van der Waals surface area contributed by atoms with Gasteiger partial charge in [-0.05, 0) is 30.0 Å². The Morgan fingerprint density at radius 2 is 1.70 bits per heavy atom. The van der Waals surface area contributed by atoms with E-state index in [9.17, 15) is 13.2 Å². The van der Waals surface area contributed by atoms with E-state index in [0.29, 0.717) is 6.42 Å². The molecule has 1 aromatic rings. The van der Waals surface area contributed by atoms with Gasteiger partial charge < -0.3 is 5.32 Å². The number of carbonyl (C=O) groups is 1. The second-order valence-electron chi connectivity index (χ2n) is 6.37. The van der Waals surface area contributed by atoms with Crippen LogP contribution in [-0.4, -0.2) is 20.6 Å². The molecule has 0 spiro atoms. The molecule has 0 fully saturated rings. The first-order valence-corrected chi connectivity index (χ1v) is 8.47. The molecule has 1 atom stereocenters. The van der Waals surface area contributed by atoms with Crippen LogP contribution in [0, 0.1) is 5.41 Å². The number of nitrogens with one attached hydrogen (secondary N) is 1. The lowest BCUT2D eigenvalue weighted by atomic mass is 9.91. The van der Waals surface area contributed by atoms with Crippen LogP contribution in [0.1, 0.15) is 45.7 Å². The highest BCUT2D eigenvalue weighted by molar-refractivity contribution is 7.90. The molecule has 0 aliphatic carbocycles. The minimum absolute atomic E-state index is 0.00260. The van der Waals surface area contributed by atoms with Crippen molar-refractivity contribution in [3.05, 3.63) is 29.8 Å². The molecule has 0 unspecified atom stereocenters. The van der Waals surface area contributed by atoms with Crippen molar-refractivity contribution in [2.75, 3.05) is 6.26 Å². The fourth-order valence-corrected chi connectivity index (χ4v) is 2.49. The summed E-state index contributed by atoms with van der Waals surface area (Å²) in [5.74, 6) is -0.00260. The summed E-state index contributed by atoms with van der Waals surface area (Å²) in [4.78, 5) is 12.1. The molecule has 0 radical (unpaired) electrons. The first-order valence-electron chi connectivity index (χ1n) is 6.58. The van der Waals surface area contributed by atoms with Gasteiger partial charge in [-0.1, -0.05) is 32.9 Å². The van der Waals surface area contributed by atoms with Gasteiger partial charge in [-0.25, -0.2) is 8.42 Å². The number of carbonyl (C=O) groups excluding carboxylic acids is 1. The molecule has 1 N–H and O–H groups in total. The smallest absolute Gasteiger partial charge is 0.220 e. The van der Waals surface area contributed by atoms with Crippen molar-refractivity contribution >= 4 is 15.7 Å². The van der Waals surface area contributed by atoms with E-state index in [2.05, 4.69) is 5.32 Å². The molecule has 0 saturated heterocycles. The number of rotatable bonds is 4. The van der Waals surface area contributed by atoms with Crippen LogP contribution in [0.4, 0.5) is 0 Å². The summed E-state index contributed by atoms with van der Waals surface area (Å²) >= 11 is 0. The number of benzene rings is 1. The summed E-state index contributed by atoms with van der Waals surface area (Å²) in [5.41, 5.74) is 0.837. The standard InChI is InChI=1S/C15H23NO3S/c1-11(16-14(17)10-15(2,3)4)12-6-8-13(9-7-12)20(5,18)19/h6-9,11H,10H2,1-5H3,(H,16,17)/t11-/m1/s1. The Morgan fingerprint density at radius 1 is 1.20 bits per heavy atom. The second kappa shape index (κ2) is 5.95. The topological polar surface area (TPSA) is 63.2 Å². The minimum atomic E-state index is -3.18. The third-order valence-corrected chi connectivity index (χ3v) is 4.01. The average molecular weight is 297 g/mol. The SMILES string of the molecule is C[C@@H](NC(=O)CC(C)(C)C)c1ccc(S(C)(=O)=O)cc1. The van der Waals surface area contributed by atoms with Crippen molar-refractivity contribution in [3.63, 3.8) is 0 Å². The van der Waals surface area contributed by atoms with Gasteiger partial charge in [-0.2, -0.15) is 0 Å². The molecule has 0 aliphatic rings. The van der Waals surface area contributed by atoms with Gasteiger partial charge >= 0.3 is 0 Å². The van der Waals surface area contributed by atoms with E-state index in [1.807, 2.05) is 27.7 Å². The van der Waals surface area contributed by atoms with Crippen molar-refractivity contribution in [3.8, 4) is 0 Å².